The first-order valence-corrected chi connectivity index (χ1v) is 12.2. The van der Waals surface area contributed by atoms with E-state index in [4.69, 9.17) is 0 Å². The zero-order chi connectivity index (χ0) is 27.6. The van der Waals surface area contributed by atoms with Crippen LogP contribution >= 0.6 is 0 Å². The lowest BCUT2D eigenvalue weighted by Crippen LogP contribution is -2.49. The molecule has 202 valence electrons. The number of pyridine rings is 1. The molecule has 2 fully saturated rings. The molecular weight excluding hydrogens is 515 g/mol. The number of amides is 4. The molecule has 2 aromatic carbocycles. The maximum Gasteiger partial charge on any atom is 0.573 e. The van der Waals surface area contributed by atoms with Crippen LogP contribution in [0.1, 0.15) is 27.5 Å². The Morgan fingerprint density at radius 3 is 2.51 bits per heavy atom. The first-order valence-electron chi connectivity index (χ1n) is 12.2. The molecule has 0 spiro atoms. The number of carbonyl (C=O) groups excluding carboxylic acids is 3. The molecule has 0 aliphatic carbocycles. The molecule has 1 atom stereocenters. The fraction of sp³-hybridized carbons (Fsp3) is 0.259. The van der Waals surface area contributed by atoms with Gasteiger partial charge < -0.3 is 19.9 Å². The zero-order valence-electron chi connectivity index (χ0n) is 20.6. The lowest BCUT2D eigenvalue weighted by atomic mass is 10.0. The van der Waals surface area contributed by atoms with Gasteiger partial charge in [0.15, 0.2) is 0 Å². The van der Waals surface area contributed by atoms with Gasteiger partial charge in [-0.05, 0) is 41.5 Å². The summed E-state index contributed by atoms with van der Waals surface area (Å²) in [7, 11) is 0. The molecule has 1 N–H and O–H groups in total. The predicted molar refractivity (Wildman–Crippen MR) is 134 cm³/mol. The summed E-state index contributed by atoms with van der Waals surface area (Å²) in [5.41, 5.74) is 1.95. The summed E-state index contributed by atoms with van der Waals surface area (Å²) in [5.74, 6) is -1.25. The van der Waals surface area contributed by atoms with Gasteiger partial charge in [-0.3, -0.25) is 14.6 Å². The van der Waals surface area contributed by atoms with Crippen molar-refractivity contribution in [1.82, 2.24) is 20.1 Å². The Bertz CT molecular complexity index is 1370. The van der Waals surface area contributed by atoms with Crippen LogP contribution in [0.25, 0.3) is 0 Å². The third kappa shape index (κ3) is 5.70. The Labute approximate surface area is 221 Å². The first kappa shape index (κ1) is 26.2. The number of ether oxygens (including phenoxy) is 1. The average Bonchev–Trinajstić information content (AvgIpc) is 3.21. The normalized spacial score (nSPS) is 18.0. The van der Waals surface area contributed by atoms with E-state index in [9.17, 15) is 27.6 Å². The highest BCUT2D eigenvalue weighted by Crippen LogP contribution is 2.29. The number of piperazine rings is 1. The van der Waals surface area contributed by atoms with Crippen molar-refractivity contribution < 1.29 is 32.3 Å². The third-order valence-corrected chi connectivity index (χ3v) is 6.56. The highest BCUT2D eigenvalue weighted by molar-refractivity contribution is 6.19. The van der Waals surface area contributed by atoms with Gasteiger partial charge in [0.05, 0.1) is 17.3 Å². The number of aromatic nitrogens is 1. The number of hydrogen-bond donors (Lipinski definition) is 1. The second-order valence-corrected chi connectivity index (χ2v) is 9.07. The van der Waals surface area contributed by atoms with Gasteiger partial charge in [0.2, 0.25) is 0 Å². The van der Waals surface area contributed by atoms with Gasteiger partial charge in [0.1, 0.15) is 12.3 Å². The number of rotatable bonds is 6. The van der Waals surface area contributed by atoms with Gasteiger partial charge in [-0.15, -0.1) is 13.2 Å². The van der Waals surface area contributed by atoms with Gasteiger partial charge in [-0.25, -0.2) is 9.69 Å². The molecular formula is C27H24F3N5O4. The number of carbonyl (C=O) groups is 3. The summed E-state index contributed by atoms with van der Waals surface area (Å²) in [6.07, 6.45) is -1.89. The number of nitrogens with one attached hydrogen (secondary N) is 1. The molecule has 4 amide bonds. The summed E-state index contributed by atoms with van der Waals surface area (Å²) < 4.78 is 41.2. The van der Waals surface area contributed by atoms with E-state index >= 15 is 0 Å². The Balaban J connectivity index is 1.34. The van der Waals surface area contributed by atoms with Crippen molar-refractivity contribution in [3.63, 3.8) is 0 Å². The molecule has 1 unspecified atom stereocenters. The zero-order valence-corrected chi connectivity index (χ0v) is 20.6. The number of nitrogens with zero attached hydrogens (tertiary/aromatic N) is 4. The molecule has 0 radical (unpaired) electrons. The topological polar surface area (TPSA) is 95.1 Å². The average molecular weight is 540 g/mol. The van der Waals surface area contributed by atoms with Crippen molar-refractivity contribution in [2.24, 2.45) is 0 Å². The van der Waals surface area contributed by atoms with Crippen LogP contribution < -0.4 is 15.0 Å². The first-order chi connectivity index (χ1) is 18.7. The number of imide groups is 1. The van der Waals surface area contributed by atoms with E-state index in [1.54, 1.807) is 11.0 Å². The van der Waals surface area contributed by atoms with Gasteiger partial charge in [0.25, 0.3) is 11.8 Å². The molecule has 3 aromatic rings. The fourth-order valence-corrected chi connectivity index (χ4v) is 4.76. The highest BCUT2D eigenvalue weighted by Gasteiger charge is 2.38. The Morgan fingerprint density at radius 2 is 1.79 bits per heavy atom. The molecule has 0 saturated carbocycles. The molecule has 3 heterocycles. The third-order valence-electron chi connectivity index (χ3n) is 6.56. The minimum Gasteiger partial charge on any atom is -0.406 e. The van der Waals surface area contributed by atoms with Crippen LogP contribution in [0, 0.1) is 0 Å². The molecule has 12 heteroatoms. The highest BCUT2D eigenvalue weighted by atomic mass is 19.4. The van der Waals surface area contributed by atoms with E-state index in [1.807, 2.05) is 30.3 Å². The van der Waals surface area contributed by atoms with Gasteiger partial charge >= 0.3 is 12.4 Å². The van der Waals surface area contributed by atoms with Crippen LogP contribution in [-0.4, -0.2) is 65.2 Å². The predicted octanol–water partition coefficient (Wildman–Crippen LogP) is 3.74. The van der Waals surface area contributed by atoms with Crippen molar-refractivity contribution in [3.05, 3.63) is 89.7 Å². The molecule has 2 aliphatic heterocycles. The monoisotopic (exact) mass is 539 g/mol. The van der Waals surface area contributed by atoms with Crippen molar-refractivity contribution in [2.75, 3.05) is 31.1 Å². The number of alkyl halides is 3. The molecule has 5 rings (SSSR count). The van der Waals surface area contributed by atoms with E-state index in [0.29, 0.717) is 30.8 Å². The van der Waals surface area contributed by atoms with Crippen molar-refractivity contribution >= 4 is 23.5 Å². The van der Waals surface area contributed by atoms with Crippen LogP contribution in [0.3, 0.4) is 0 Å². The Hall–Kier alpha value is -4.45. The maximum atomic E-state index is 13.7. The number of urea groups is 1. The standard InChI is InChI=1S/C27H24F3N5O4/c28-27(29,30)39-21-8-6-20(7-9-21)35-24(36)17-33(26(35)38)16-19-10-11-31-14-22(19)25(37)34-13-12-32-15-23(34)18-4-2-1-3-5-18/h1-11,14,23,32H,12-13,15-17H2. The van der Waals surface area contributed by atoms with Crippen LogP contribution in [-0.2, 0) is 11.3 Å². The molecule has 0 bridgehead atoms. The largest absolute Gasteiger partial charge is 0.573 e. The Morgan fingerprint density at radius 1 is 1.05 bits per heavy atom. The van der Waals surface area contributed by atoms with E-state index in [-0.39, 0.29) is 30.7 Å². The fourth-order valence-electron chi connectivity index (χ4n) is 4.76. The van der Waals surface area contributed by atoms with Gasteiger partial charge in [-0.1, -0.05) is 30.3 Å². The number of anilines is 1. The van der Waals surface area contributed by atoms with Gasteiger partial charge in [0, 0.05) is 38.6 Å². The quantitative estimate of drug-likeness (QED) is 0.480. The summed E-state index contributed by atoms with van der Waals surface area (Å²) in [5, 5.41) is 3.32. The minimum absolute atomic E-state index is 0.0258. The number of benzene rings is 2. The lowest BCUT2D eigenvalue weighted by Gasteiger charge is -2.37. The van der Waals surface area contributed by atoms with E-state index in [0.717, 1.165) is 22.6 Å². The van der Waals surface area contributed by atoms with Crippen molar-refractivity contribution in [1.29, 1.82) is 0 Å². The molecule has 9 nitrogen and oxygen atoms in total. The molecule has 2 aliphatic rings. The van der Waals surface area contributed by atoms with Crippen LogP contribution in [0.4, 0.5) is 23.7 Å². The second kappa shape index (κ2) is 10.7. The van der Waals surface area contributed by atoms with E-state index < -0.39 is 24.1 Å². The van der Waals surface area contributed by atoms with Crippen LogP contribution in [0.2, 0.25) is 0 Å². The number of halogens is 3. The SMILES string of the molecule is O=C1CN(Cc2ccncc2C(=O)N2CCNCC2c2ccccc2)C(=O)N1c1ccc(OC(F)(F)F)cc1. The summed E-state index contributed by atoms with van der Waals surface area (Å²) >= 11 is 0. The Kier molecular flexibility index (Phi) is 7.20. The van der Waals surface area contributed by atoms with Gasteiger partial charge in [-0.2, -0.15) is 0 Å². The molecule has 2 saturated heterocycles. The van der Waals surface area contributed by atoms with E-state index in [1.165, 1.54) is 29.4 Å². The molecule has 1 aromatic heterocycles. The van der Waals surface area contributed by atoms with E-state index in [2.05, 4.69) is 15.0 Å². The van der Waals surface area contributed by atoms with Crippen molar-refractivity contribution in [2.45, 2.75) is 18.9 Å². The number of hydrogen-bond acceptors (Lipinski definition) is 6. The van der Waals surface area contributed by atoms with Crippen molar-refractivity contribution in [3.8, 4) is 5.75 Å². The smallest absolute Gasteiger partial charge is 0.406 e. The summed E-state index contributed by atoms with van der Waals surface area (Å²) in [6, 6.07) is 14.9. The lowest BCUT2D eigenvalue weighted by molar-refractivity contribution is -0.274. The minimum atomic E-state index is -4.86. The maximum absolute atomic E-state index is 13.7. The molecule has 39 heavy (non-hydrogen) atoms. The summed E-state index contributed by atoms with van der Waals surface area (Å²) in [4.78, 5) is 47.7. The second-order valence-electron chi connectivity index (χ2n) is 9.07. The summed E-state index contributed by atoms with van der Waals surface area (Å²) in [6.45, 7) is 1.42. The van der Waals surface area contributed by atoms with Crippen LogP contribution in [0.5, 0.6) is 5.75 Å². The van der Waals surface area contributed by atoms with Crippen LogP contribution in [0.15, 0.2) is 73.1 Å².